The predicted molar refractivity (Wildman–Crippen MR) is 124 cm³/mol. The molecule has 3 aromatic carbocycles. The van der Waals surface area contributed by atoms with Crippen LogP contribution in [-0.2, 0) is 21.0 Å². The van der Waals surface area contributed by atoms with E-state index in [0.717, 1.165) is 10.4 Å². The Morgan fingerprint density at radius 1 is 1.03 bits per heavy atom. The summed E-state index contributed by atoms with van der Waals surface area (Å²) < 4.78 is 73.0. The molecule has 0 aromatic heterocycles. The zero-order valence-electron chi connectivity index (χ0n) is 17.8. The van der Waals surface area contributed by atoms with Crippen molar-refractivity contribution in [3.8, 4) is 5.75 Å². The minimum atomic E-state index is -4.78. The normalized spacial score (nSPS) is 11.7. The number of halogens is 4. The van der Waals surface area contributed by atoms with Crippen LogP contribution in [0, 0.1) is 0 Å². The number of ether oxygens (including phenoxy) is 1. The molecule has 6 nitrogen and oxygen atoms in total. The zero-order valence-corrected chi connectivity index (χ0v) is 19.4. The number of carbonyl (C=O) groups excluding carboxylic acids is 1. The van der Waals surface area contributed by atoms with Crippen molar-refractivity contribution in [2.75, 3.05) is 22.8 Å². The first-order valence-corrected chi connectivity index (χ1v) is 11.8. The molecular weight excluding hydrogens is 493 g/mol. The van der Waals surface area contributed by atoms with Crippen LogP contribution in [0.2, 0.25) is 5.02 Å². The number of hydrogen-bond acceptors (Lipinski definition) is 4. The van der Waals surface area contributed by atoms with Crippen LogP contribution in [0.15, 0.2) is 77.7 Å². The summed E-state index contributed by atoms with van der Waals surface area (Å²) in [6.45, 7) is 1.41. The molecule has 0 saturated carbocycles. The van der Waals surface area contributed by atoms with Gasteiger partial charge in [0.1, 0.15) is 12.3 Å². The SMILES string of the molecule is CCOc1ccc(N(CC(=O)Nc2ccc(Cl)cc2C(F)(F)F)S(=O)(=O)c2ccccc2)cc1. The number of nitrogens with one attached hydrogen (secondary N) is 1. The molecule has 1 N–H and O–H groups in total. The number of hydrogen-bond donors (Lipinski definition) is 1. The second-order valence-electron chi connectivity index (χ2n) is 6.99. The van der Waals surface area contributed by atoms with Crippen molar-refractivity contribution in [2.24, 2.45) is 0 Å². The van der Waals surface area contributed by atoms with E-state index in [2.05, 4.69) is 5.32 Å². The Kier molecular flexibility index (Phi) is 7.73. The third-order valence-corrected chi connectivity index (χ3v) is 6.64. The number of carbonyl (C=O) groups is 1. The van der Waals surface area contributed by atoms with Crippen molar-refractivity contribution in [3.05, 3.63) is 83.4 Å². The molecule has 0 aliphatic heterocycles. The minimum absolute atomic E-state index is 0.0841. The lowest BCUT2D eigenvalue weighted by Gasteiger charge is -2.24. The van der Waals surface area contributed by atoms with Crippen molar-refractivity contribution >= 4 is 38.9 Å². The number of benzene rings is 3. The summed E-state index contributed by atoms with van der Waals surface area (Å²) >= 11 is 5.68. The van der Waals surface area contributed by atoms with Crippen LogP contribution in [0.4, 0.5) is 24.5 Å². The molecule has 180 valence electrons. The molecule has 0 heterocycles. The maximum Gasteiger partial charge on any atom is 0.418 e. The summed E-state index contributed by atoms with van der Waals surface area (Å²) in [5, 5.41) is 1.99. The molecule has 0 aliphatic rings. The molecule has 0 aliphatic carbocycles. The molecule has 0 atom stereocenters. The highest BCUT2D eigenvalue weighted by atomic mass is 35.5. The number of sulfonamides is 1. The summed E-state index contributed by atoms with van der Waals surface area (Å²) in [6.07, 6.45) is -4.78. The molecule has 11 heteroatoms. The molecular formula is C23H20ClF3N2O4S. The van der Waals surface area contributed by atoms with Gasteiger partial charge in [-0.3, -0.25) is 9.10 Å². The van der Waals surface area contributed by atoms with E-state index in [0.29, 0.717) is 18.4 Å². The molecule has 3 aromatic rings. The Morgan fingerprint density at radius 3 is 2.26 bits per heavy atom. The maximum absolute atomic E-state index is 13.4. The Balaban J connectivity index is 1.96. The highest BCUT2D eigenvalue weighted by molar-refractivity contribution is 7.92. The van der Waals surface area contributed by atoms with Crippen LogP contribution in [-0.4, -0.2) is 27.5 Å². The van der Waals surface area contributed by atoms with Crippen LogP contribution in [0.3, 0.4) is 0 Å². The van der Waals surface area contributed by atoms with E-state index in [4.69, 9.17) is 16.3 Å². The number of alkyl halides is 3. The van der Waals surface area contributed by atoms with Gasteiger partial charge >= 0.3 is 6.18 Å². The first kappa shape index (κ1) is 25.4. The summed E-state index contributed by atoms with van der Waals surface area (Å²) in [4.78, 5) is 12.7. The monoisotopic (exact) mass is 512 g/mol. The van der Waals surface area contributed by atoms with Crippen LogP contribution >= 0.6 is 11.6 Å². The smallest absolute Gasteiger partial charge is 0.418 e. The van der Waals surface area contributed by atoms with Gasteiger partial charge in [0.2, 0.25) is 5.91 Å². The number of anilines is 2. The zero-order chi connectivity index (χ0) is 24.9. The molecule has 0 saturated heterocycles. The van der Waals surface area contributed by atoms with Gasteiger partial charge in [-0.2, -0.15) is 13.2 Å². The molecule has 3 rings (SSSR count). The second kappa shape index (κ2) is 10.4. The van der Waals surface area contributed by atoms with Crippen molar-refractivity contribution in [1.82, 2.24) is 0 Å². The van der Waals surface area contributed by atoms with Gasteiger partial charge in [0.05, 0.1) is 28.4 Å². The van der Waals surface area contributed by atoms with Crippen molar-refractivity contribution < 1.29 is 31.1 Å². The fourth-order valence-electron chi connectivity index (χ4n) is 3.09. The topological polar surface area (TPSA) is 75.7 Å². The highest BCUT2D eigenvalue weighted by Gasteiger charge is 2.35. The first-order valence-electron chi connectivity index (χ1n) is 9.99. The van der Waals surface area contributed by atoms with Crippen LogP contribution in [0.1, 0.15) is 12.5 Å². The lowest BCUT2D eigenvalue weighted by molar-refractivity contribution is -0.137. The second-order valence-corrected chi connectivity index (χ2v) is 9.29. The third-order valence-electron chi connectivity index (χ3n) is 4.62. The van der Waals surface area contributed by atoms with E-state index >= 15 is 0 Å². The van der Waals surface area contributed by atoms with Gasteiger partial charge in [0, 0.05) is 5.02 Å². The standard InChI is InChI=1S/C23H20ClF3N2O4S/c1-2-33-18-11-9-17(10-12-18)29(34(31,32)19-6-4-3-5-7-19)15-22(30)28-21-13-8-16(24)14-20(21)23(25,26)27/h3-14H,2,15H2,1H3,(H,28,30). The van der Waals surface area contributed by atoms with Gasteiger partial charge in [-0.05, 0) is 61.5 Å². The summed E-state index contributed by atoms with van der Waals surface area (Å²) in [6, 6.07) is 16.2. The summed E-state index contributed by atoms with van der Waals surface area (Å²) in [5.74, 6) is -0.482. The maximum atomic E-state index is 13.4. The summed E-state index contributed by atoms with van der Waals surface area (Å²) in [5.41, 5.74) is -1.55. The van der Waals surface area contributed by atoms with E-state index in [1.165, 1.54) is 54.6 Å². The Morgan fingerprint density at radius 2 is 1.68 bits per heavy atom. The molecule has 0 fully saturated rings. The van der Waals surface area contributed by atoms with Crippen LogP contribution in [0.5, 0.6) is 5.75 Å². The third kappa shape index (κ3) is 6.00. The molecule has 0 bridgehead atoms. The van der Waals surface area contributed by atoms with Gasteiger partial charge in [-0.1, -0.05) is 29.8 Å². The van der Waals surface area contributed by atoms with Crippen LogP contribution < -0.4 is 14.4 Å². The van der Waals surface area contributed by atoms with Gasteiger partial charge in [0.25, 0.3) is 10.0 Å². The van der Waals surface area contributed by atoms with E-state index < -0.39 is 39.9 Å². The number of nitrogens with zero attached hydrogens (tertiary/aromatic N) is 1. The lowest BCUT2D eigenvalue weighted by Crippen LogP contribution is -2.38. The molecule has 0 radical (unpaired) electrons. The van der Waals surface area contributed by atoms with E-state index in [9.17, 15) is 26.4 Å². The van der Waals surface area contributed by atoms with E-state index in [1.807, 2.05) is 0 Å². The lowest BCUT2D eigenvalue weighted by atomic mass is 10.1. The van der Waals surface area contributed by atoms with Crippen molar-refractivity contribution in [2.45, 2.75) is 18.0 Å². The van der Waals surface area contributed by atoms with Crippen molar-refractivity contribution in [1.29, 1.82) is 0 Å². The minimum Gasteiger partial charge on any atom is -0.494 e. The van der Waals surface area contributed by atoms with E-state index in [-0.39, 0.29) is 15.6 Å². The quantitative estimate of drug-likeness (QED) is 0.427. The molecule has 0 spiro atoms. The molecule has 0 unspecified atom stereocenters. The Hall–Kier alpha value is -3.24. The fraction of sp³-hybridized carbons (Fsp3) is 0.174. The van der Waals surface area contributed by atoms with E-state index in [1.54, 1.807) is 13.0 Å². The van der Waals surface area contributed by atoms with Gasteiger partial charge in [0.15, 0.2) is 0 Å². The highest BCUT2D eigenvalue weighted by Crippen LogP contribution is 2.36. The largest absolute Gasteiger partial charge is 0.494 e. The summed E-state index contributed by atoms with van der Waals surface area (Å²) in [7, 11) is -4.22. The first-order chi connectivity index (χ1) is 16.0. The Bertz CT molecular complexity index is 1250. The number of rotatable bonds is 8. The molecule has 1 amide bonds. The van der Waals surface area contributed by atoms with Crippen LogP contribution in [0.25, 0.3) is 0 Å². The van der Waals surface area contributed by atoms with Gasteiger partial charge in [-0.15, -0.1) is 0 Å². The number of amides is 1. The van der Waals surface area contributed by atoms with Crippen molar-refractivity contribution in [3.63, 3.8) is 0 Å². The van der Waals surface area contributed by atoms with Gasteiger partial charge < -0.3 is 10.1 Å². The van der Waals surface area contributed by atoms with Gasteiger partial charge in [-0.25, -0.2) is 8.42 Å². The predicted octanol–water partition coefficient (Wildman–Crippen LogP) is 5.59. The fourth-order valence-corrected chi connectivity index (χ4v) is 4.70. The molecule has 34 heavy (non-hydrogen) atoms. The average molecular weight is 513 g/mol. The Labute approximate surface area is 200 Å². The average Bonchev–Trinajstić information content (AvgIpc) is 2.79.